The molecule has 1 atom stereocenters. The summed E-state index contributed by atoms with van der Waals surface area (Å²) in [4.78, 5) is 40.0. The molecule has 3 rings (SSSR count). The highest BCUT2D eigenvalue weighted by Crippen LogP contribution is 2.33. The molecule has 1 fully saturated rings. The first-order valence-electron chi connectivity index (χ1n) is 9.88. The topological polar surface area (TPSA) is 80.6 Å². The van der Waals surface area contributed by atoms with Gasteiger partial charge in [-0.2, -0.15) is 0 Å². The van der Waals surface area contributed by atoms with Crippen LogP contribution in [0.4, 0.5) is 4.79 Å². The summed E-state index contributed by atoms with van der Waals surface area (Å²) in [5.74, 6) is -0.0411. The molecule has 1 aromatic carbocycles. The first kappa shape index (κ1) is 21.4. The van der Waals surface area contributed by atoms with E-state index in [2.05, 4.69) is 11.9 Å². The molecule has 7 heteroatoms. The fourth-order valence-corrected chi connectivity index (χ4v) is 4.01. The van der Waals surface area contributed by atoms with Crippen LogP contribution in [-0.2, 0) is 16.9 Å². The molecule has 0 radical (unpaired) electrons. The number of aromatic nitrogens is 1. The molecule has 0 spiro atoms. The summed E-state index contributed by atoms with van der Waals surface area (Å²) in [7, 11) is 1.56. The second-order valence-electron chi connectivity index (χ2n) is 7.42. The maximum Gasteiger partial charge on any atom is 0.325 e. The number of carbonyl (C=O) groups excluding carboxylic acids is 3. The Balaban J connectivity index is 1.88. The van der Waals surface area contributed by atoms with Gasteiger partial charge in [-0.05, 0) is 44.0 Å². The summed E-state index contributed by atoms with van der Waals surface area (Å²) in [6.07, 6.45) is 2.12. The third-order valence-electron chi connectivity index (χ3n) is 5.78. The fraction of sp³-hybridized carbons (Fsp3) is 0.348. The van der Waals surface area contributed by atoms with Crippen LogP contribution in [0.25, 0.3) is 0 Å². The highest BCUT2D eigenvalue weighted by atomic mass is 16.5. The molecule has 1 aromatic heterocycles. The molecular formula is C23H27N3O4. The van der Waals surface area contributed by atoms with Crippen molar-refractivity contribution in [3.63, 3.8) is 0 Å². The van der Waals surface area contributed by atoms with Gasteiger partial charge >= 0.3 is 6.03 Å². The number of aryl methyl sites for hydroxylation is 1. The van der Waals surface area contributed by atoms with Gasteiger partial charge in [0.15, 0.2) is 5.78 Å². The Hall–Kier alpha value is -3.35. The molecule has 3 amide bonds. The molecule has 158 valence electrons. The van der Waals surface area contributed by atoms with Crippen LogP contribution in [-0.4, -0.2) is 40.8 Å². The molecule has 2 heterocycles. The van der Waals surface area contributed by atoms with Crippen LogP contribution in [0, 0.1) is 13.8 Å². The van der Waals surface area contributed by atoms with Crippen LogP contribution in [0.2, 0.25) is 0 Å². The van der Waals surface area contributed by atoms with Crippen LogP contribution in [0.1, 0.15) is 40.7 Å². The zero-order chi connectivity index (χ0) is 22.1. The number of carbonyl (C=O) groups is 3. The van der Waals surface area contributed by atoms with Crippen molar-refractivity contribution in [3.05, 3.63) is 65.5 Å². The van der Waals surface area contributed by atoms with E-state index in [-0.39, 0.29) is 12.3 Å². The van der Waals surface area contributed by atoms with Gasteiger partial charge < -0.3 is 14.6 Å². The van der Waals surface area contributed by atoms with Gasteiger partial charge in [0.25, 0.3) is 5.91 Å². The van der Waals surface area contributed by atoms with E-state index in [0.29, 0.717) is 29.8 Å². The van der Waals surface area contributed by atoms with Crippen LogP contribution >= 0.6 is 0 Å². The number of ketones is 1. The second-order valence-corrected chi connectivity index (χ2v) is 7.42. The second kappa shape index (κ2) is 8.18. The minimum atomic E-state index is -1.19. The van der Waals surface area contributed by atoms with Crippen molar-refractivity contribution in [3.8, 4) is 5.75 Å². The number of allylic oxidation sites excluding steroid dienone is 1. The highest BCUT2D eigenvalue weighted by molar-refractivity contribution is 6.11. The van der Waals surface area contributed by atoms with E-state index >= 15 is 0 Å². The normalized spacial score (nSPS) is 18.5. The van der Waals surface area contributed by atoms with Crippen LogP contribution in [0.5, 0.6) is 5.75 Å². The molecule has 1 N–H and O–H groups in total. The lowest BCUT2D eigenvalue weighted by Crippen LogP contribution is -2.43. The predicted molar refractivity (Wildman–Crippen MR) is 114 cm³/mol. The Morgan fingerprint density at radius 3 is 2.47 bits per heavy atom. The monoisotopic (exact) mass is 409 g/mol. The van der Waals surface area contributed by atoms with E-state index in [0.717, 1.165) is 16.3 Å². The number of nitrogens with zero attached hydrogens (tertiary/aromatic N) is 2. The highest BCUT2D eigenvalue weighted by Gasteiger charge is 2.51. The predicted octanol–water partition coefficient (Wildman–Crippen LogP) is 3.34. The summed E-state index contributed by atoms with van der Waals surface area (Å²) in [6.45, 7) is 9.61. The SMILES string of the molecule is C=CCn1c(C)cc(C(=O)CN2C(=O)N[C@](CC)(c3ccc(OC)cc3)C2=O)c1C. The van der Waals surface area contributed by atoms with Crippen molar-refractivity contribution in [1.29, 1.82) is 0 Å². The number of ether oxygens (including phenoxy) is 1. The van der Waals surface area contributed by atoms with E-state index in [1.165, 1.54) is 0 Å². The van der Waals surface area contributed by atoms with Crippen molar-refractivity contribution in [2.24, 2.45) is 0 Å². The zero-order valence-electron chi connectivity index (χ0n) is 17.8. The third kappa shape index (κ3) is 3.40. The maximum absolute atomic E-state index is 13.3. The van der Waals surface area contributed by atoms with Crippen LogP contribution < -0.4 is 10.1 Å². The van der Waals surface area contributed by atoms with Crippen molar-refractivity contribution >= 4 is 17.7 Å². The summed E-state index contributed by atoms with van der Waals surface area (Å²) in [6, 6.07) is 8.23. The molecule has 0 bridgehead atoms. The van der Waals surface area contributed by atoms with E-state index in [1.54, 1.807) is 43.5 Å². The first-order chi connectivity index (χ1) is 14.3. The Labute approximate surface area is 176 Å². The van der Waals surface area contributed by atoms with Gasteiger partial charge in [0, 0.05) is 23.5 Å². The molecule has 30 heavy (non-hydrogen) atoms. The molecule has 1 saturated heterocycles. The van der Waals surface area contributed by atoms with Gasteiger partial charge in [-0.1, -0.05) is 25.1 Å². The largest absolute Gasteiger partial charge is 0.497 e. The minimum absolute atomic E-state index is 0.274. The number of Topliss-reactive ketones (excluding diaryl/α,β-unsaturated/α-hetero) is 1. The number of urea groups is 1. The Bertz CT molecular complexity index is 1010. The number of hydrogen-bond acceptors (Lipinski definition) is 4. The van der Waals surface area contributed by atoms with Gasteiger partial charge in [-0.3, -0.25) is 14.5 Å². The van der Waals surface area contributed by atoms with E-state index in [4.69, 9.17) is 4.74 Å². The molecule has 2 aromatic rings. The molecule has 7 nitrogen and oxygen atoms in total. The minimum Gasteiger partial charge on any atom is -0.497 e. The van der Waals surface area contributed by atoms with Crippen LogP contribution in [0.15, 0.2) is 43.0 Å². The Kier molecular flexibility index (Phi) is 5.82. The van der Waals surface area contributed by atoms with Gasteiger partial charge in [0.2, 0.25) is 0 Å². The van der Waals surface area contributed by atoms with E-state index in [9.17, 15) is 14.4 Å². The average molecular weight is 409 g/mol. The quantitative estimate of drug-likeness (QED) is 0.412. The number of methoxy groups -OCH3 is 1. The average Bonchev–Trinajstić information content (AvgIpc) is 3.17. The summed E-state index contributed by atoms with van der Waals surface area (Å²) in [5, 5.41) is 2.80. The van der Waals surface area contributed by atoms with Gasteiger partial charge in [0.1, 0.15) is 11.3 Å². The Morgan fingerprint density at radius 1 is 1.23 bits per heavy atom. The molecule has 0 unspecified atom stereocenters. The number of nitrogens with one attached hydrogen (secondary N) is 1. The van der Waals surface area contributed by atoms with E-state index < -0.39 is 17.5 Å². The van der Waals surface area contributed by atoms with Crippen LogP contribution in [0.3, 0.4) is 0 Å². The van der Waals surface area contributed by atoms with Crippen molar-refractivity contribution < 1.29 is 19.1 Å². The molecule has 0 aliphatic carbocycles. The first-order valence-corrected chi connectivity index (χ1v) is 9.88. The lowest BCUT2D eigenvalue weighted by atomic mass is 9.87. The number of amides is 3. The maximum atomic E-state index is 13.3. The lowest BCUT2D eigenvalue weighted by Gasteiger charge is -2.26. The lowest BCUT2D eigenvalue weighted by molar-refractivity contribution is -0.131. The molecule has 0 saturated carbocycles. The number of imide groups is 1. The third-order valence-corrected chi connectivity index (χ3v) is 5.78. The number of hydrogen-bond donors (Lipinski definition) is 1. The summed E-state index contributed by atoms with van der Waals surface area (Å²) in [5.41, 5.74) is 1.69. The summed E-state index contributed by atoms with van der Waals surface area (Å²) >= 11 is 0. The molecular weight excluding hydrogens is 382 g/mol. The number of rotatable bonds is 8. The van der Waals surface area contributed by atoms with Crippen molar-refractivity contribution in [1.82, 2.24) is 14.8 Å². The summed E-state index contributed by atoms with van der Waals surface area (Å²) < 4.78 is 7.15. The fourth-order valence-electron chi connectivity index (χ4n) is 4.01. The van der Waals surface area contributed by atoms with E-state index in [1.807, 2.05) is 25.3 Å². The molecule has 1 aliphatic rings. The molecule has 1 aliphatic heterocycles. The Morgan fingerprint density at radius 2 is 1.90 bits per heavy atom. The van der Waals surface area contributed by atoms with Gasteiger partial charge in [-0.25, -0.2) is 4.79 Å². The number of benzene rings is 1. The zero-order valence-corrected chi connectivity index (χ0v) is 17.8. The smallest absolute Gasteiger partial charge is 0.325 e. The van der Waals surface area contributed by atoms with Gasteiger partial charge in [-0.15, -0.1) is 6.58 Å². The van der Waals surface area contributed by atoms with Crippen molar-refractivity contribution in [2.75, 3.05) is 13.7 Å². The van der Waals surface area contributed by atoms with Gasteiger partial charge in [0.05, 0.1) is 13.7 Å². The van der Waals surface area contributed by atoms with Crippen molar-refractivity contribution in [2.45, 2.75) is 39.3 Å². The standard InChI is InChI=1S/C23H27N3O4/c1-6-12-25-15(3)13-19(16(25)4)20(27)14-26-21(28)23(7-2,24-22(26)29)17-8-10-18(30-5)11-9-17/h6,8-11,13H,1,7,12,14H2,2-5H3,(H,24,29)/t23-/m1/s1.